The number of nitrogens with one attached hydrogen (secondary N) is 1. The first kappa shape index (κ1) is 19.6. The number of esters is 1. The highest BCUT2D eigenvalue weighted by atomic mass is 32.1. The Morgan fingerprint density at radius 1 is 1.29 bits per heavy atom. The van der Waals surface area contributed by atoms with E-state index in [0.29, 0.717) is 10.7 Å². The van der Waals surface area contributed by atoms with Gasteiger partial charge < -0.3 is 10.1 Å². The van der Waals surface area contributed by atoms with Crippen molar-refractivity contribution in [1.29, 1.82) is 0 Å². The predicted octanol–water partition coefficient (Wildman–Crippen LogP) is 3.60. The number of carbonyl (C=O) groups excluding carboxylic acids is 2. The predicted molar refractivity (Wildman–Crippen MR) is 99.6 cm³/mol. The fourth-order valence-electron chi connectivity index (χ4n) is 2.28. The lowest BCUT2D eigenvalue weighted by Gasteiger charge is -2.13. The van der Waals surface area contributed by atoms with E-state index in [9.17, 15) is 18.4 Å². The van der Waals surface area contributed by atoms with Crippen LogP contribution in [0.15, 0.2) is 48.1 Å². The molecule has 3 rings (SSSR count). The summed E-state index contributed by atoms with van der Waals surface area (Å²) in [5, 5.41) is 4.62. The Labute approximate surface area is 163 Å². The maximum Gasteiger partial charge on any atom is 0.312 e. The minimum Gasteiger partial charge on any atom is -0.452 e. The van der Waals surface area contributed by atoms with Crippen LogP contribution < -0.4 is 5.32 Å². The number of nitrogens with zero attached hydrogens (tertiary/aromatic N) is 2. The molecule has 144 valence electrons. The Morgan fingerprint density at radius 3 is 2.86 bits per heavy atom. The first-order valence-electron chi connectivity index (χ1n) is 8.22. The van der Waals surface area contributed by atoms with E-state index in [1.54, 1.807) is 23.8 Å². The summed E-state index contributed by atoms with van der Waals surface area (Å²) >= 11 is 1.36. The number of benzene rings is 1. The molecule has 0 saturated heterocycles. The smallest absolute Gasteiger partial charge is 0.312 e. The van der Waals surface area contributed by atoms with Crippen LogP contribution in [0.1, 0.15) is 12.6 Å². The number of halogens is 2. The normalized spacial score (nSPS) is 11.7. The van der Waals surface area contributed by atoms with Gasteiger partial charge in [0.05, 0.1) is 17.8 Å². The summed E-state index contributed by atoms with van der Waals surface area (Å²) in [6.45, 7) is 1.34. The van der Waals surface area contributed by atoms with Crippen molar-refractivity contribution in [2.45, 2.75) is 19.4 Å². The molecule has 1 amide bonds. The second-order valence-corrected chi connectivity index (χ2v) is 6.67. The summed E-state index contributed by atoms with van der Waals surface area (Å²) < 4.78 is 31.8. The largest absolute Gasteiger partial charge is 0.452 e. The number of pyridine rings is 1. The van der Waals surface area contributed by atoms with Crippen LogP contribution in [-0.4, -0.2) is 27.9 Å². The summed E-state index contributed by atoms with van der Waals surface area (Å²) in [6.07, 6.45) is 2.01. The van der Waals surface area contributed by atoms with Crippen molar-refractivity contribution in [3.05, 3.63) is 65.4 Å². The molecule has 0 aliphatic heterocycles. The van der Waals surface area contributed by atoms with Crippen LogP contribution in [0.25, 0.3) is 10.6 Å². The van der Waals surface area contributed by atoms with E-state index >= 15 is 0 Å². The lowest BCUT2D eigenvalue weighted by atomic mass is 10.2. The minimum absolute atomic E-state index is 0.122. The highest BCUT2D eigenvalue weighted by Gasteiger charge is 2.20. The monoisotopic (exact) mass is 403 g/mol. The SMILES string of the molecule is C[C@@H](OC(=O)Cc1csc(-c2cccnc2)n1)C(=O)Nc1cc(F)ccc1F. The fraction of sp³-hybridized carbons (Fsp3) is 0.158. The number of hydrogen-bond acceptors (Lipinski definition) is 6. The molecule has 1 aromatic carbocycles. The van der Waals surface area contributed by atoms with Gasteiger partial charge in [-0.1, -0.05) is 0 Å². The molecule has 0 radical (unpaired) electrons. The summed E-state index contributed by atoms with van der Waals surface area (Å²) in [5.41, 5.74) is 1.00. The van der Waals surface area contributed by atoms with Gasteiger partial charge in [0.15, 0.2) is 6.10 Å². The molecule has 6 nitrogen and oxygen atoms in total. The number of hydrogen-bond donors (Lipinski definition) is 1. The lowest BCUT2D eigenvalue weighted by molar-refractivity contribution is -0.152. The molecular formula is C19H15F2N3O3S. The number of aromatic nitrogens is 2. The number of thiazole rings is 1. The first-order chi connectivity index (χ1) is 13.4. The van der Waals surface area contributed by atoms with E-state index in [4.69, 9.17) is 4.74 Å². The highest BCUT2D eigenvalue weighted by Crippen LogP contribution is 2.23. The molecule has 0 fully saturated rings. The van der Waals surface area contributed by atoms with Gasteiger partial charge in [-0.2, -0.15) is 0 Å². The van der Waals surface area contributed by atoms with Gasteiger partial charge in [-0.25, -0.2) is 13.8 Å². The molecule has 2 heterocycles. The minimum atomic E-state index is -1.19. The molecule has 0 aliphatic rings. The van der Waals surface area contributed by atoms with E-state index in [2.05, 4.69) is 15.3 Å². The van der Waals surface area contributed by atoms with Gasteiger partial charge >= 0.3 is 5.97 Å². The molecule has 0 saturated carbocycles. The van der Waals surface area contributed by atoms with Gasteiger partial charge in [0.25, 0.3) is 5.91 Å². The molecular weight excluding hydrogens is 388 g/mol. The van der Waals surface area contributed by atoms with E-state index in [0.717, 1.165) is 23.8 Å². The van der Waals surface area contributed by atoms with Crippen molar-refractivity contribution < 1.29 is 23.1 Å². The second kappa shape index (κ2) is 8.66. The Morgan fingerprint density at radius 2 is 2.11 bits per heavy atom. The van der Waals surface area contributed by atoms with Crippen molar-refractivity contribution >= 4 is 28.9 Å². The van der Waals surface area contributed by atoms with Crippen LogP contribution in [0.5, 0.6) is 0 Å². The zero-order chi connectivity index (χ0) is 20.1. The lowest BCUT2D eigenvalue weighted by Crippen LogP contribution is -2.30. The van der Waals surface area contributed by atoms with E-state index < -0.39 is 29.6 Å². The third-order valence-corrected chi connectivity index (χ3v) is 4.59. The van der Waals surface area contributed by atoms with E-state index in [-0.39, 0.29) is 12.1 Å². The molecule has 9 heteroatoms. The average molecular weight is 403 g/mol. The van der Waals surface area contributed by atoms with Gasteiger partial charge in [-0.15, -0.1) is 11.3 Å². The maximum absolute atomic E-state index is 13.6. The molecule has 1 N–H and O–H groups in total. The third kappa shape index (κ3) is 4.95. The fourth-order valence-corrected chi connectivity index (χ4v) is 3.09. The molecule has 1 atom stereocenters. The Balaban J connectivity index is 1.56. The van der Waals surface area contributed by atoms with Crippen molar-refractivity contribution in [2.75, 3.05) is 5.32 Å². The van der Waals surface area contributed by atoms with E-state index in [1.165, 1.54) is 18.3 Å². The average Bonchev–Trinajstić information content (AvgIpc) is 3.13. The number of rotatable bonds is 6. The Bertz CT molecular complexity index is 995. The summed E-state index contributed by atoms with van der Waals surface area (Å²) in [5.74, 6) is -2.93. The summed E-state index contributed by atoms with van der Waals surface area (Å²) in [4.78, 5) is 32.5. The number of ether oxygens (including phenoxy) is 1. The molecule has 28 heavy (non-hydrogen) atoms. The van der Waals surface area contributed by atoms with Crippen LogP contribution in [0.3, 0.4) is 0 Å². The number of anilines is 1. The molecule has 0 spiro atoms. The van der Waals surface area contributed by atoms with Crippen LogP contribution in [0.2, 0.25) is 0 Å². The molecule has 0 unspecified atom stereocenters. The number of amides is 1. The zero-order valence-electron chi connectivity index (χ0n) is 14.7. The van der Waals surface area contributed by atoms with Crippen LogP contribution in [0, 0.1) is 11.6 Å². The van der Waals surface area contributed by atoms with Crippen LogP contribution in [-0.2, 0) is 20.7 Å². The first-order valence-corrected chi connectivity index (χ1v) is 9.10. The van der Waals surface area contributed by atoms with Crippen molar-refractivity contribution in [3.63, 3.8) is 0 Å². The molecule has 0 bridgehead atoms. The maximum atomic E-state index is 13.6. The van der Waals surface area contributed by atoms with Crippen LogP contribution in [0.4, 0.5) is 14.5 Å². The topological polar surface area (TPSA) is 81.2 Å². The third-order valence-electron chi connectivity index (χ3n) is 3.65. The standard InChI is InChI=1S/C19H15F2N3O3S/c1-11(18(26)24-16-7-13(20)4-5-15(16)21)27-17(25)8-14-10-28-19(23-14)12-3-2-6-22-9-12/h2-7,9-11H,8H2,1H3,(H,24,26)/t11-/m1/s1. The Hall–Kier alpha value is -3.20. The second-order valence-electron chi connectivity index (χ2n) is 5.81. The summed E-state index contributed by atoms with van der Waals surface area (Å²) in [7, 11) is 0. The number of carbonyl (C=O) groups is 2. The molecule has 2 aromatic heterocycles. The van der Waals surface area contributed by atoms with E-state index in [1.807, 2.05) is 6.07 Å². The molecule has 3 aromatic rings. The van der Waals surface area contributed by atoms with Gasteiger partial charge in [0.2, 0.25) is 0 Å². The summed E-state index contributed by atoms with van der Waals surface area (Å²) in [6, 6.07) is 6.31. The molecule has 0 aliphatic carbocycles. The van der Waals surface area contributed by atoms with Gasteiger partial charge in [0, 0.05) is 29.4 Å². The van der Waals surface area contributed by atoms with Crippen molar-refractivity contribution in [2.24, 2.45) is 0 Å². The van der Waals surface area contributed by atoms with Crippen LogP contribution >= 0.6 is 11.3 Å². The van der Waals surface area contributed by atoms with Gasteiger partial charge in [-0.3, -0.25) is 14.6 Å². The van der Waals surface area contributed by atoms with Gasteiger partial charge in [0.1, 0.15) is 16.6 Å². The quantitative estimate of drug-likeness (QED) is 0.636. The highest BCUT2D eigenvalue weighted by molar-refractivity contribution is 7.13. The van der Waals surface area contributed by atoms with Gasteiger partial charge in [-0.05, 0) is 31.2 Å². The Kier molecular flexibility index (Phi) is 6.05. The van der Waals surface area contributed by atoms with Crippen molar-refractivity contribution in [1.82, 2.24) is 9.97 Å². The zero-order valence-corrected chi connectivity index (χ0v) is 15.5. The van der Waals surface area contributed by atoms with Crippen molar-refractivity contribution in [3.8, 4) is 10.6 Å².